The summed E-state index contributed by atoms with van der Waals surface area (Å²) in [6.07, 6.45) is 0.406. The molecular weight excluding hydrogens is 313 g/mol. The molecule has 3 rings (SSSR count). The monoisotopic (exact) mass is 327 g/mol. The Bertz CT molecular complexity index is 856. The van der Waals surface area contributed by atoms with E-state index < -0.39 is 17.7 Å². The van der Waals surface area contributed by atoms with Gasteiger partial charge in [-0.15, -0.1) is 0 Å². The molecule has 2 aromatic rings. The number of aryl methyl sites for hydroxylation is 1. The van der Waals surface area contributed by atoms with Gasteiger partial charge in [0.05, 0.1) is 11.3 Å². The molecule has 5 nitrogen and oxygen atoms in total. The number of carbonyl (C=O) groups is 2. The van der Waals surface area contributed by atoms with Crippen molar-refractivity contribution < 1.29 is 24.2 Å². The maximum atomic E-state index is 13.2. The maximum absolute atomic E-state index is 13.2. The second-order valence-electron chi connectivity index (χ2n) is 5.46. The highest BCUT2D eigenvalue weighted by atomic mass is 19.1. The van der Waals surface area contributed by atoms with Crippen molar-refractivity contribution in [2.24, 2.45) is 0 Å². The molecule has 0 saturated carbocycles. The molecule has 1 aliphatic heterocycles. The van der Waals surface area contributed by atoms with E-state index in [2.05, 4.69) is 5.32 Å². The van der Waals surface area contributed by atoms with E-state index in [1.165, 1.54) is 18.2 Å². The molecule has 0 saturated heterocycles. The van der Waals surface area contributed by atoms with Crippen LogP contribution in [-0.4, -0.2) is 22.1 Å². The van der Waals surface area contributed by atoms with Gasteiger partial charge in [-0.25, -0.2) is 4.39 Å². The fraction of sp³-hybridized carbons (Fsp3) is 0.111. The van der Waals surface area contributed by atoms with Crippen molar-refractivity contribution in [3.63, 3.8) is 0 Å². The van der Waals surface area contributed by atoms with Crippen molar-refractivity contribution in [3.05, 3.63) is 65.0 Å². The molecule has 1 amide bonds. The van der Waals surface area contributed by atoms with Gasteiger partial charge in [-0.2, -0.15) is 0 Å². The van der Waals surface area contributed by atoms with Gasteiger partial charge >= 0.3 is 5.97 Å². The van der Waals surface area contributed by atoms with E-state index in [0.29, 0.717) is 23.2 Å². The SMILES string of the molecule is O=C(O)CCc1ccc(/C(O)=C2\C(=O)Nc3cc(F)ccc32)cc1. The van der Waals surface area contributed by atoms with Crippen molar-refractivity contribution in [2.75, 3.05) is 5.32 Å². The third kappa shape index (κ3) is 2.99. The lowest BCUT2D eigenvalue weighted by Gasteiger charge is -2.06. The molecular formula is C18H14FNO4. The smallest absolute Gasteiger partial charge is 0.303 e. The number of carboxylic acid groups (broad SMARTS) is 1. The Morgan fingerprint density at radius 1 is 1.08 bits per heavy atom. The molecule has 1 aliphatic rings. The zero-order chi connectivity index (χ0) is 17.3. The quantitative estimate of drug-likeness (QED) is 0.594. The first-order valence-electron chi connectivity index (χ1n) is 7.31. The highest BCUT2D eigenvalue weighted by molar-refractivity contribution is 6.36. The number of aliphatic hydroxyl groups excluding tert-OH is 1. The van der Waals surface area contributed by atoms with E-state index >= 15 is 0 Å². The minimum atomic E-state index is -0.879. The first-order chi connectivity index (χ1) is 11.5. The van der Waals surface area contributed by atoms with Crippen LogP contribution in [0.15, 0.2) is 42.5 Å². The van der Waals surface area contributed by atoms with Crippen LogP contribution in [0.5, 0.6) is 0 Å². The lowest BCUT2D eigenvalue weighted by atomic mass is 10.0. The second kappa shape index (κ2) is 6.16. The fourth-order valence-electron chi connectivity index (χ4n) is 2.61. The standard InChI is InChI=1S/C18H14FNO4/c19-12-6-7-13-14(9-12)20-18(24)16(13)17(23)11-4-1-10(2-5-11)3-8-15(21)22/h1-2,4-7,9,23H,3,8H2,(H,20,24)(H,21,22)/b17-16+. The predicted octanol–water partition coefficient (Wildman–Crippen LogP) is 3.22. The number of benzene rings is 2. The molecule has 0 spiro atoms. The van der Waals surface area contributed by atoms with Gasteiger partial charge in [0.15, 0.2) is 0 Å². The van der Waals surface area contributed by atoms with Gasteiger partial charge in [-0.1, -0.05) is 24.3 Å². The van der Waals surface area contributed by atoms with Crippen molar-refractivity contribution in [2.45, 2.75) is 12.8 Å². The Labute approximate surface area is 137 Å². The van der Waals surface area contributed by atoms with Gasteiger partial charge in [0.25, 0.3) is 5.91 Å². The van der Waals surface area contributed by atoms with Gasteiger partial charge in [0, 0.05) is 17.5 Å². The molecule has 0 aromatic heterocycles. The summed E-state index contributed by atoms with van der Waals surface area (Å²) < 4.78 is 13.2. The number of hydrogen-bond donors (Lipinski definition) is 3. The molecule has 3 N–H and O–H groups in total. The Morgan fingerprint density at radius 2 is 1.79 bits per heavy atom. The van der Waals surface area contributed by atoms with E-state index in [-0.39, 0.29) is 17.8 Å². The summed E-state index contributed by atoms with van der Waals surface area (Å²) in [5.74, 6) is -2.06. The third-order valence-corrected chi connectivity index (χ3v) is 3.82. The number of fused-ring (bicyclic) bond motifs is 1. The summed E-state index contributed by atoms with van der Waals surface area (Å²) >= 11 is 0. The maximum Gasteiger partial charge on any atom is 0.303 e. The van der Waals surface area contributed by atoms with Crippen molar-refractivity contribution >= 4 is 28.9 Å². The first-order valence-corrected chi connectivity index (χ1v) is 7.31. The van der Waals surface area contributed by atoms with Gasteiger partial charge in [-0.05, 0) is 30.2 Å². The van der Waals surface area contributed by atoms with Gasteiger partial charge in [0.2, 0.25) is 0 Å². The summed E-state index contributed by atoms with van der Waals surface area (Å²) in [6.45, 7) is 0. The number of nitrogens with one attached hydrogen (secondary N) is 1. The third-order valence-electron chi connectivity index (χ3n) is 3.82. The number of anilines is 1. The number of amides is 1. The molecule has 2 aromatic carbocycles. The average molecular weight is 327 g/mol. The minimum absolute atomic E-state index is 0.0216. The van der Waals surface area contributed by atoms with Crippen LogP contribution in [0, 0.1) is 5.82 Å². The van der Waals surface area contributed by atoms with Crippen molar-refractivity contribution in [3.8, 4) is 0 Å². The van der Waals surface area contributed by atoms with Crippen LogP contribution in [0.4, 0.5) is 10.1 Å². The number of hydrogen-bond acceptors (Lipinski definition) is 3. The average Bonchev–Trinajstić information content (AvgIpc) is 2.87. The first kappa shape index (κ1) is 15.7. The number of rotatable bonds is 4. The molecule has 6 heteroatoms. The minimum Gasteiger partial charge on any atom is -0.506 e. The summed E-state index contributed by atoms with van der Waals surface area (Å²) in [4.78, 5) is 22.7. The number of halogens is 1. The van der Waals surface area contributed by atoms with E-state index in [9.17, 15) is 19.1 Å². The van der Waals surface area contributed by atoms with Crippen LogP contribution in [0.25, 0.3) is 11.3 Å². The fourth-order valence-corrected chi connectivity index (χ4v) is 2.61. The Hall–Kier alpha value is -3.15. The van der Waals surface area contributed by atoms with Gasteiger partial charge in [-0.3, -0.25) is 9.59 Å². The highest BCUT2D eigenvalue weighted by Crippen LogP contribution is 2.36. The number of aliphatic hydroxyl groups is 1. The van der Waals surface area contributed by atoms with Crippen LogP contribution in [0.2, 0.25) is 0 Å². The zero-order valence-corrected chi connectivity index (χ0v) is 12.5. The Morgan fingerprint density at radius 3 is 2.46 bits per heavy atom. The molecule has 0 radical (unpaired) electrons. The largest absolute Gasteiger partial charge is 0.506 e. The molecule has 0 atom stereocenters. The number of carboxylic acids is 1. The van der Waals surface area contributed by atoms with Crippen LogP contribution < -0.4 is 5.32 Å². The van der Waals surface area contributed by atoms with Crippen molar-refractivity contribution in [1.82, 2.24) is 0 Å². The van der Waals surface area contributed by atoms with Crippen LogP contribution in [0.3, 0.4) is 0 Å². The molecule has 0 unspecified atom stereocenters. The second-order valence-corrected chi connectivity index (χ2v) is 5.46. The van der Waals surface area contributed by atoms with Crippen LogP contribution in [0.1, 0.15) is 23.1 Å². The van der Waals surface area contributed by atoms with E-state index in [4.69, 9.17) is 5.11 Å². The summed E-state index contributed by atoms with van der Waals surface area (Å²) in [6, 6.07) is 10.5. The molecule has 0 fully saturated rings. The molecule has 1 heterocycles. The summed E-state index contributed by atoms with van der Waals surface area (Å²) in [5, 5.41) is 21.7. The van der Waals surface area contributed by atoms with Crippen LogP contribution >= 0.6 is 0 Å². The lowest BCUT2D eigenvalue weighted by Crippen LogP contribution is -2.06. The Balaban J connectivity index is 1.93. The van der Waals surface area contributed by atoms with E-state index in [1.807, 2.05) is 0 Å². The summed E-state index contributed by atoms with van der Waals surface area (Å²) in [5.41, 5.74) is 2.09. The molecule has 0 aliphatic carbocycles. The summed E-state index contributed by atoms with van der Waals surface area (Å²) in [7, 11) is 0. The number of carbonyl (C=O) groups excluding carboxylic acids is 1. The van der Waals surface area contributed by atoms with Gasteiger partial charge in [0.1, 0.15) is 11.6 Å². The molecule has 0 bridgehead atoms. The number of aliphatic carboxylic acids is 1. The van der Waals surface area contributed by atoms with E-state index in [0.717, 1.165) is 5.56 Å². The van der Waals surface area contributed by atoms with Gasteiger partial charge < -0.3 is 15.5 Å². The lowest BCUT2D eigenvalue weighted by molar-refractivity contribution is -0.137. The van der Waals surface area contributed by atoms with E-state index in [1.54, 1.807) is 24.3 Å². The molecule has 24 heavy (non-hydrogen) atoms. The van der Waals surface area contributed by atoms with Crippen LogP contribution in [-0.2, 0) is 16.0 Å². The highest BCUT2D eigenvalue weighted by Gasteiger charge is 2.28. The normalized spacial score (nSPS) is 15.0. The zero-order valence-electron chi connectivity index (χ0n) is 12.5. The van der Waals surface area contributed by atoms with Crippen molar-refractivity contribution in [1.29, 1.82) is 0 Å². The Kier molecular flexibility index (Phi) is 4.04. The molecule has 122 valence electrons. The predicted molar refractivity (Wildman–Crippen MR) is 86.9 cm³/mol. The topological polar surface area (TPSA) is 86.6 Å².